The first-order chi connectivity index (χ1) is 24.1. The first kappa shape index (κ1) is 36.1. The Bertz CT molecular complexity index is 1640. The molecule has 5 rings (SSSR count). The van der Waals surface area contributed by atoms with Gasteiger partial charge in [-0.25, -0.2) is 4.79 Å². The molecule has 50 heavy (non-hydrogen) atoms. The van der Waals surface area contributed by atoms with Crippen molar-refractivity contribution in [1.82, 2.24) is 30.2 Å². The first-order valence-corrected chi connectivity index (χ1v) is 17.4. The minimum Gasteiger partial charge on any atom is -0.465 e. The predicted molar refractivity (Wildman–Crippen MR) is 187 cm³/mol. The van der Waals surface area contributed by atoms with Gasteiger partial charge in [0.25, 0.3) is 5.91 Å². The minimum absolute atomic E-state index is 0.0128. The normalized spacial score (nSPS) is 17.8. The van der Waals surface area contributed by atoms with E-state index in [1.54, 1.807) is 55.4 Å². The molecule has 266 valence electrons. The van der Waals surface area contributed by atoms with Crippen LogP contribution in [0.25, 0.3) is 0 Å². The second-order valence-electron chi connectivity index (χ2n) is 13.2. The number of aromatic nitrogens is 2. The van der Waals surface area contributed by atoms with Gasteiger partial charge in [0.1, 0.15) is 17.8 Å². The smallest absolute Gasteiger partial charge is 0.407 e. The highest BCUT2D eigenvalue weighted by atomic mass is 16.4. The summed E-state index contributed by atoms with van der Waals surface area (Å²) < 4.78 is 1.48. The van der Waals surface area contributed by atoms with Crippen molar-refractivity contribution in [2.24, 2.45) is 13.0 Å². The fourth-order valence-electron chi connectivity index (χ4n) is 6.94. The van der Waals surface area contributed by atoms with Gasteiger partial charge in [-0.2, -0.15) is 5.10 Å². The fraction of sp³-hybridized carbons (Fsp3) is 0.459. The number of rotatable bonds is 12. The van der Waals surface area contributed by atoms with Crippen LogP contribution >= 0.6 is 0 Å². The number of nitrogens with zero attached hydrogens (tertiary/aromatic N) is 4. The molecule has 1 saturated heterocycles. The summed E-state index contributed by atoms with van der Waals surface area (Å²) in [4.78, 5) is 68.2. The van der Waals surface area contributed by atoms with E-state index in [1.807, 2.05) is 30.3 Å². The van der Waals surface area contributed by atoms with Crippen LogP contribution in [-0.2, 0) is 34.3 Å². The summed E-state index contributed by atoms with van der Waals surface area (Å²) in [5, 5.41) is 22.7. The third-order valence-corrected chi connectivity index (χ3v) is 9.71. The van der Waals surface area contributed by atoms with E-state index in [4.69, 9.17) is 0 Å². The average Bonchev–Trinajstić information content (AvgIpc) is 3.57. The Hall–Kier alpha value is -5.20. The van der Waals surface area contributed by atoms with Crippen molar-refractivity contribution in [3.63, 3.8) is 0 Å². The monoisotopic (exact) mass is 685 g/mol. The van der Waals surface area contributed by atoms with Crippen molar-refractivity contribution in [2.45, 2.75) is 76.4 Å². The van der Waals surface area contributed by atoms with Crippen LogP contribution < -0.4 is 16.0 Å². The van der Waals surface area contributed by atoms with Crippen LogP contribution in [-0.4, -0.2) is 92.2 Å². The Morgan fingerprint density at radius 2 is 1.62 bits per heavy atom. The van der Waals surface area contributed by atoms with Gasteiger partial charge < -0.3 is 30.9 Å². The van der Waals surface area contributed by atoms with Crippen molar-refractivity contribution in [1.29, 1.82) is 0 Å². The highest BCUT2D eigenvalue weighted by Gasteiger charge is 2.36. The highest BCUT2D eigenvalue weighted by molar-refractivity contribution is 6.00. The Labute approximate surface area is 292 Å². The summed E-state index contributed by atoms with van der Waals surface area (Å²) >= 11 is 0. The SMILES string of the molecule is CCC(=O)NC(Cc1ccc(NC(=O)C(NC(=O)c2ccnn2C)C2CCCCC2)cc1)C(=O)N1CCN(C(=O)O)C(Cc2ccccc2)C1. The molecule has 3 unspecified atom stereocenters. The maximum absolute atomic E-state index is 13.9. The van der Waals surface area contributed by atoms with Crippen LogP contribution in [0.5, 0.6) is 0 Å². The van der Waals surface area contributed by atoms with Crippen LogP contribution in [0.15, 0.2) is 66.9 Å². The van der Waals surface area contributed by atoms with Crippen LogP contribution in [0.2, 0.25) is 0 Å². The zero-order valence-electron chi connectivity index (χ0n) is 28.7. The first-order valence-electron chi connectivity index (χ1n) is 17.4. The standard InChI is InChI=1S/C37H47N7O6/c1-3-32(45)40-30(36(48)43-20-21-44(37(49)50)29(24-43)22-25-10-6-4-7-11-25)23-26-14-16-28(17-15-26)39-35(47)33(27-12-8-5-9-13-27)41-34(46)31-18-19-38-42(31)2/h4,6-7,10-11,14-19,27,29-30,33H,3,5,8-9,12-13,20-24H2,1-2H3,(H,39,47)(H,40,45)(H,41,46)(H,49,50). The van der Waals surface area contributed by atoms with E-state index in [2.05, 4.69) is 21.0 Å². The lowest BCUT2D eigenvalue weighted by Gasteiger charge is -2.41. The fourth-order valence-corrected chi connectivity index (χ4v) is 6.94. The van der Waals surface area contributed by atoms with E-state index in [0.29, 0.717) is 17.8 Å². The van der Waals surface area contributed by atoms with Gasteiger partial charge in [-0.3, -0.25) is 23.9 Å². The number of aryl methyl sites for hydroxylation is 1. The molecule has 2 aromatic carbocycles. The van der Waals surface area contributed by atoms with E-state index in [1.165, 1.54) is 9.58 Å². The van der Waals surface area contributed by atoms with E-state index in [-0.39, 0.29) is 62.0 Å². The number of nitrogens with one attached hydrogen (secondary N) is 3. The molecule has 4 N–H and O–H groups in total. The van der Waals surface area contributed by atoms with Gasteiger partial charge in [-0.15, -0.1) is 0 Å². The number of benzene rings is 2. The zero-order valence-corrected chi connectivity index (χ0v) is 28.7. The van der Waals surface area contributed by atoms with Crippen molar-refractivity contribution < 1.29 is 29.1 Å². The zero-order chi connectivity index (χ0) is 35.6. The molecule has 13 heteroatoms. The van der Waals surface area contributed by atoms with Gasteiger partial charge in [0.05, 0.1) is 6.04 Å². The van der Waals surface area contributed by atoms with Crippen LogP contribution in [0.3, 0.4) is 0 Å². The molecular formula is C37H47N7O6. The van der Waals surface area contributed by atoms with Crippen LogP contribution in [0.1, 0.15) is 67.1 Å². The molecule has 2 fully saturated rings. The molecule has 1 aliphatic heterocycles. The second-order valence-corrected chi connectivity index (χ2v) is 13.2. The molecular weight excluding hydrogens is 638 g/mol. The molecule has 1 aliphatic carbocycles. The topological polar surface area (TPSA) is 166 Å². The molecule has 2 heterocycles. The van der Waals surface area contributed by atoms with Crippen molar-refractivity contribution >= 4 is 35.4 Å². The summed E-state index contributed by atoms with van der Waals surface area (Å²) in [7, 11) is 1.68. The lowest BCUT2D eigenvalue weighted by Crippen LogP contribution is -2.60. The number of hydrogen-bond acceptors (Lipinski definition) is 6. The van der Waals surface area contributed by atoms with Gasteiger partial charge in [-0.05, 0) is 54.5 Å². The van der Waals surface area contributed by atoms with Crippen molar-refractivity contribution in [3.8, 4) is 0 Å². The largest absolute Gasteiger partial charge is 0.465 e. The number of anilines is 1. The van der Waals surface area contributed by atoms with Gasteiger partial charge in [0.15, 0.2) is 0 Å². The maximum atomic E-state index is 13.9. The summed E-state index contributed by atoms with van der Waals surface area (Å²) in [6.07, 6.45) is 6.21. The summed E-state index contributed by atoms with van der Waals surface area (Å²) in [5.74, 6) is -1.18. The van der Waals surface area contributed by atoms with Gasteiger partial charge in [0.2, 0.25) is 17.7 Å². The molecule has 0 radical (unpaired) electrons. The molecule has 2 aliphatic rings. The maximum Gasteiger partial charge on any atom is 0.407 e. The van der Waals surface area contributed by atoms with Crippen LogP contribution in [0.4, 0.5) is 10.5 Å². The Balaban J connectivity index is 1.26. The summed E-state index contributed by atoms with van der Waals surface area (Å²) in [6, 6.07) is 16.3. The van der Waals surface area contributed by atoms with Gasteiger partial charge in [0, 0.05) is 51.4 Å². The number of carbonyl (C=O) groups is 5. The Morgan fingerprint density at radius 3 is 2.26 bits per heavy atom. The summed E-state index contributed by atoms with van der Waals surface area (Å²) in [6.45, 7) is 2.32. The lowest BCUT2D eigenvalue weighted by atomic mass is 9.83. The molecule has 0 spiro atoms. The predicted octanol–water partition coefficient (Wildman–Crippen LogP) is 3.61. The van der Waals surface area contributed by atoms with E-state index in [9.17, 15) is 29.1 Å². The number of hydrogen-bond donors (Lipinski definition) is 4. The minimum atomic E-state index is -1.03. The van der Waals surface area contributed by atoms with E-state index < -0.39 is 24.2 Å². The molecule has 3 atom stereocenters. The molecule has 5 amide bonds. The highest BCUT2D eigenvalue weighted by Crippen LogP contribution is 2.28. The van der Waals surface area contributed by atoms with Gasteiger partial charge >= 0.3 is 6.09 Å². The number of amides is 5. The molecule has 1 aromatic heterocycles. The van der Waals surface area contributed by atoms with Gasteiger partial charge in [-0.1, -0.05) is 68.7 Å². The Kier molecular flexibility index (Phi) is 12.2. The number of carbonyl (C=O) groups excluding carboxylic acids is 4. The van der Waals surface area contributed by atoms with Crippen molar-refractivity contribution in [3.05, 3.63) is 83.7 Å². The van der Waals surface area contributed by atoms with Crippen LogP contribution in [0, 0.1) is 5.92 Å². The third kappa shape index (κ3) is 9.27. The van der Waals surface area contributed by atoms with Crippen molar-refractivity contribution in [2.75, 3.05) is 25.0 Å². The quantitative estimate of drug-likeness (QED) is 0.226. The second kappa shape index (κ2) is 17.0. The molecule has 13 nitrogen and oxygen atoms in total. The number of piperazine rings is 1. The molecule has 1 saturated carbocycles. The lowest BCUT2D eigenvalue weighted by molar-refractivity contribution is -0.138. The van der Waals surface area contributed by atoms with E-state index >= 15 is 0 Å². The Morgan fingerprint density at radius 1 is 0.900 bits per heavy atom. The number of carboxylic acid groups (broad SMARTS) is 1. The average molecular weight is 686 g/mol. The molecule has 3 aromatic rings. The summed E-state index contributed by atoms with van der Waals surface area (Å²) in [5.41, 5.74) is 2.67. The van der Waals surface area contributed by atoms with E-state index in [0.717, 1.165) is 43.2 Å². The molecule has 0 bridgehead atoms. The third-order valence-electron chi connectivity index (χ3n) is 9.71.